The van der Waals surface area contributed by atoms with Gasteiger partial charge in [0.2, 0.25) is 5.78 Å². The van der Waals surface area contributed by atoms with Crippen LogP contribution in [-0.2, 0) is 11.3 Å². The summed E-state index contributed by atoms with van der Waals surface area (Å²) in [6.45, 7) is 4.69. The number of halogens is 1. The highest BCUT2D eigenvalue weighted by Crippen LogP contribution is 2.33. The highest BCUT2D eigenvalue weighted by Gasteiger charge is 2.43. The summed E-state index contributed by atoms with van der Waals surface area (Å²) in [6, 6.07) is 10.1. The number of hydrogen-bond acceptors (Lipinski definition) is 5. The molecule has 2 fully saturated rings. The maximum absolute atomic E-state index is 12.4. The van der Waals surface area contributed by atoms with Gasteiger partial charge in [0, 0.05) is 54.7 Å². The van der Waals surface area contributed by atoms with E-state index in [-0.39, 0.29) is 18.2 Å². The Hall–Kier alpha value is -2.64. The normalized spacial score (nSPS) is 21.3. The van der Waals surface area contributed by atoms with Gasteiger partial charge in [-0.2, -0.15) is 0 Å². The number of fused-ring (bicyclic) bond motifs is 3. The Kier molecular flexibility index (Phi) is 5.08. The van der Waals surface area contributed by atoms with E-state index in [4.69, 9.17) is 21.3 Å². The van der Waals surface area contributed by atoms with Crippen molar-refractivity contribution in [2.24, 2.45) is 0 Å². The van der Waals surface area contributed by atoms with E-state index in [0.29, 0.717) is 17.4 Å². The third-order valence-electron chi connectivity index (χ3n) is 6.03. The number of hydrogen-bond donors (Lipinski definition) is 0. The van der Waals surface area contributed by atoms with Crippen molar-refractivity contribution in [2.75, 3.05) is 19.7 Å². The van der Waals surface area contributed by atoms with Gasteiger partial charge in [-0.1, -0.05) is 23.7 Å². The van der Waals surface area contributed by atoms with E-state index >= 15 is 0 Å². The Morgan fingerprint density at radius 3 is 2.63 bits per heavy atom. The van der Waals surface area contributed by atoms with Crippen LogP contribution in [0.25, 0.3) is 17.0 Å². The molecule has 3 aromatic rings. The predicted octanol–water partition coefficient (Wildman–Crippen LogP) is 3.85. The first-order valence-corrected chi connectivity index (χ1v) is 10.8. The summed E-state index contributed by atoms with van der Waals surface area (Å²) in [7, 11) is 0. The van der Waals surface area contributed by atoms with Crippen LogP contribution in [-0.4, -0.2) is 62.0 Å². The van der Waals surface area contributed by atoms with E-state index in [1.54, 1.807) is 6.20 Å². The fourth-order valence-corrected chi connectivity index (χ4v) is 4.88. The zero-order valence-electron chi connectivity index (χ0n) is 16.9. The number of nitrogens with zero attached hydrogens (tertiary/aromatic N) is 5. The van der Waals surface area contributed by atoms with Gasteiger partial charge < -0.3 is 4.74 Å². The van der Waals surface area contributed by atoms with Gasteiger partial charge >= 0.3 is 6.09 Å². The van der Waals surface area contributed by atoms with Gasteiger partial charge in [0.05, 0.1) is 18.0 Å². The molecule has 2 aliphatic rings. The molecule has 30 heavy (non-hydrogen) atoms. The molecule has 2 aliphatic heterocycles. The van der Waals surface area contributed by atoms with Crippen molar-refractivity contribution in [1.29, 1.82) is 0 Å². The van der Waals surface area contributed by atoms with E-state index in [0.717, 1.165) is 49.4 Å². The molecular weight excluding hydrogens is 402 g/mol. The standard InChI is InChI=1S/C22H24ClN5O2/c1-2-30-22(29)28-17-8-9-18(28)13-26(12-17)14-19-20(15-4-6-16(23)7-5-15)25-21-24-10-3-11-27(19)21/h3-7,10-11,17-18H,2,8-9,12-14H2,1H3. The molecule has 2 atom stereocenters. The highest BCUT2D eigenvalue weighted by atomic mass is 35.5. The van der Waals surface area contributed by atoms with Gasteiger partial charge in [-0.25, -0.2) is 14.8 Å². The molecule has 0 spiro atoms. The lowest BCUT2D eigenvalue weighted by Gasteiger charge is -2.40. The van der Waals surface area contributed by atoms with Crippen LogP contribution in [0.3, 0.4) is 0 Å². The second-order valence-electron chi connectivity index (χ2n) is 7.89. The van der Waals surface area contributed by atoms with E-state index in [1.165, 1.54) is 0 Å². The molecule has 2 saturated heterocycles. The van der Waals surface area contributed by atoms with E-state index < -0.39 is 0 Å². The lowest BCUT2D eigenvalue weighted by atomic mass is 10.1. The topological polar surface area (TPSA) is 63.0 Å². The first-order valence-electron chi connectivity index (χ1n) is 10.4. The van der Waals surface area contributed by atoms with Crippen LogP contribution in [0.4, 0.5) is 4.79 Å². The summed E-state index contributed by atoms with van der Waals surface area (Å²) in [5.41, 5.74) is 3.04. The minimum atomic E-state index is -0.175. The molecule has 2 bridgehead atoms. The molecule has 8 heteroatoms. The molecular formula is C22H24ClN5O2. The van der Waals surface area contributed by atoms with Crippen molar-refractivity contribution in [3.8, 4) is 11.3 Å². The number of piperazine rings is 1. The summed E-state index contributed by atoms with van der Waals surface area (Å²) < 4.78 is 7.34. The number of amides is 1. The van der Waals surface area contributed by atoms with Crippen molar-refractivity contribution >= 4 is 23.5 Å². The molecule has 4 heterocycles. The summed E-state index contributed by atoms with van der Waals surface area (Å²) in [5, 5.41) is 0.703. The number of carbonyl (C=O) groups excluding carboxylic acids is 1. The average molecular weight is 426 g/mol. The van der Waals surface area contributed by atoms with Gasteiger partial charge in [0.1, 0.15) is 0 Å². The van der Waals surface area contributed by atoms with Crippen molar-refractivity contribution in [3.05, 3.63) is 53.4 Å². The zero-order chi connectivity index (χ0) is 20.7. The molecule has 7 nitrogen and oxygen atoms in total. The first-order chi connectivity index (χ1) is 14.6. The van der Waals surface area contributed by atoms with Crippen LogP contribution in [0.15, 0.2) is 42.7 Å². The SMILES string of the molecule is CCOC(=O)N1C2CCC1CN(Cc1c(-c3ccc(Cl)cc3)nc3ncccn13)C2. The third-order valence-corrected chi connectivity index (χ3v) is 6.28. The largest absolute Gasteiger partial charge is 0.450 e. The fourth-order valence-electron chi connectivity index (χ4n) is 4.75. The van der Waals surface area contributed by atoms with Crippen LogP contribution >= 0.6 is 11.6 Å². The fraction of sp³-hybridized carbons (Fsp3) is 0.409. The van der Waals surface area contributed by atoms with E-state index in [9.17, 15) is 4.79 Å². The Balaban J connectivity index is 1.44. The molecule has 1 aromatic carbocycles. The Labute approximate surface area is 180 Å². The third kappa shape index (κ3) is 3.42. The second kappa shape index (κ2) is 7.89. The zero-order valence-corrected chi connectivity index (χ0v) is 17.6. The molecule has 0 N–H and O–H groups in total. The summed E-state index contributed by atoms with van der Waals surface area (Å²) in [6.07, 6.45) is 5.65. The monoisotopic (exact) mass is 425 g/mol. The Morgan fingerprint density at radius 1 is 1.20 bits per heavy atom. The number of aromatic nitrogens is 3. The van der Waals surface area contributed by atoms with Crippen LogP contribution in [0.5, 0.6) is 0 Å². The number of imidazole rings is 1. The maximum atomic E-state index is 12.4. The number of rotatable bonds is 4. The van der Waals surface area contributed by atoms with Gasteiger partial charge in [0.25, 0.3) is 0 Å². The highest BCUT2D eigenvalue weighted by molar-refractivity contribution is 6.30. The van der Waals surface area contributed by atoms with Gasteiger partial charge in [0.15, 0.2) is 0 Å². The van der Waals surface area contributed by atoms with Crippen molar-refractivity contribution in [3.63, 3.8) is 0 Å². The van der Waals surface area contributed by atoms with E-state index in [1.807, 2.05) is 48.4 Å². The molecule has 2 aromatic heterocycles. The summed E-state index contributed by atoms with van der Waals surface area (Å²) >= 11 is 6.09. The molecule has 5 rings (SSSR count). The molecule has 0 radical (unpaired) electrons. The van der Waals surface area contributed by atoms with Crippen LogP contribution in [0, 0.1) is 0 Å². The minimum absolute atomic E-state index is 0.175. The lowest BCUT2D eigenvalue weighted by molar-refractivity contribution is 0.0413. The number of carbonyl (C=O) groups is 1. The molecule has 0 saturated carbocycles. The number of benzene rings is 1. The Bertz CT molecular complexity index is 1050. The second-order valence-corrected chi connectivity index (χ2v) is 8.33. The average Bonchev–Trinajstić information content (AvgIpc) is 3.24. The van der Waals surface area contributed by atoms with Crippen LogP contribution < -0.4 is 0 Å². The summed E-state index contributed by atoms with van der Waals surface area (Å²) in [5.74, 6) is 0.686. The van der Waals surface area contributed by atoms with Gasteiger partial charge in [-0.15, -0.1) is 0 Å². The van der Waals surface area contributed by atoms with Crippen molar-refractivity contribution in [1.82, 2.24) is 24.2 Å². The molecule has 1 amide bonds. The lowest BCUT2D eigenvalue weighted by Crippen LogP contribution is -2.55. The number of likely N-dealkylation sites (tertiary alicyclic amines) is 1. The predicted molar refractivity (Wildman–Crippen MR) is 114 cm³/mol. The first kappa shape index (κ1) is 19.3. The Morgan fingerprint density at radius 2 is 1.93 bits per heavy atom. The quantitative estimate of drug-likeness (QED) is 0.635. The minimum Gasteiger partial charge on any atom is -0.450 e. The van der Waals surface area contributed by atoms with Crippen molar-refractivity contribution in [2.45, 2.75) is 38.4 Å². The number of ether oxygens (including phenoxy) is 1. The summed E-state index contributed by atoms with van der Waals surface area (Å²) in [4.78, 5) is 26.0. The van der Waals surface area contributed by atoms with Gasteiger partial charge in [-0.05, 0) is 38.0 Å². The van der Waals surface area contributed by atoms with Crippen molar-refractivity contribution < 1.29 is 9.53 Å². The van der Waals surface area contributed by atoms with Gasteiger partial charge in [-0.3, -0.25) is 14.2 Å². The molecule has 2 unspecified atom stereocenters. The van der Waals surface area contributed by atoms with Crippen LogP contribution in [0.2, 0.25) is 5.02 Å². The maximum Gasteiger partial charge on any atom is 0.410 e. The van der Waals surface area contributed by atoms with Crippen LogP contribution in [0.1, 0.15) is 25.5 Å². The smallest absolute Gasteiger partial charge is 0.410 e. The molecule has 0 aliphatic carbocycles. The van der Waals surface area contributed by atoms with E-state index in [2.05, 4.69) is 14.3 Å². The molecule has 156 valence electrons.